The first-order valence-corrected chi connectivity index (χ1v) is 8.68. The molecule has 142 valence electrons. The third-order valence-corrected chi connectivity index (χ3v) is 4.99. The van der Waals surface area contributed by atoms with Gasteiger partial charge in [0.15, 0.2) is 0 Å². The van der Waals surface area contributed by atoms with Crippen LogP contribution in [-0.4, -0.2) is 18.8 Å². The van der Waals surface area contributed by atoms with Gasteiger partial charge in [0.05, 0.1) is 5.41 Å². The molecule has 4 heteroatoms. The van der Waals surface area contributed by atoms with Crippen molar-refractivity contribution in [3.8, 4) is 0 Å². The highest BCUT2D eigenvalue weighted by Crippen LogP contribution is 2.44. The van der Waals surface area contributed by atoms with Crippen LogP contribution in [-0.2, 0) is 4.79 Å². The van der Waals surface area contributed by atoms with Crippen LogP contribution in [0.5, 0.6) is 0 Å². The summed E-state index contributed by atoms with van der Waals surface area (Å²) in [6.07, 6.45) is 4.33. The average Bonchev–Trinajstić information content (AvgIpc) is 2.51. The number of hydrogen-bond donors (Lipinski definition) is 1. The molecule has 0 fully saturated rings. The number of alkyl halides is 2. The minimum Gasteiger partial charge on any atom is -0.388 e. The van der Waals surface area contributed by atoms with Crippen LogP contribution in [0.4, 0.5) is 8.78 Å². The van der Waals surface area contributed by atoms with E-state index in [1.165, 1.54) is 0 Å². The van der Waals surface area contributed by atoms with E-state index in [-0.39, 0.29) is 6.42 Å². The molecule has 0 amide bonds. The van der Waals surface area contributed by atoms with Crippen LogP contribution in [0, 0.1) is 5.41 Å². The summed E-state index contributed by atoms with van der Waals surface area (Å²) >= 11 is 0. The van der Waals surface area contributed by atoms with Crippen molar-refractivity contribution in [1.82, 2.24) is 5.32 Å². The molecule has 0 aliphatic carbocycles. The lowest BCUT2D eigenvalue weighted by molar-refractivity contribution is -0.104. The molecule has 0 bridgehead atoms. The molecule has 0 aliphatic rings. The Kier molecular flexibility index (Phi) is 9.03. The van der Waals surface area contributed by atoms with Crippen molar-refractivity contribution >= 4 is 6.29 Å². The fourth-order valence-electron chi connectivity index (χ4n) is 2.60. The molecule has 1 unspecified atom stereocenters. The zero-order valence-corrected chi connectivity index (χ0v) is 16.6. The van der Waals surface area contributed by atoms with Gasteiger partial charge in [-0.1, -0.05) is 31.7 Å². The number of carbonyl (C=O) groups excluding carboxylic acids is 1. The summed E-state index contributed by atoms with van der Waals surface area (Å²) in [6, 6.07) is 0. The van der Waals surface area contributed by atoms with E-state index in [0.29, 0.717) is 24.1 Å². The minimum atomic E-state index is -2.84. The van der Waals surface area contributed by atoms with Gasteiger partial charge in [-0.25, -0.2) is 8.78 Å². The summed E-state index contributed by atoms with van der Waals surface area (Å²) in [7, 11) is 0. The highest BCUT2D eigenvalue weighted by Gasteiger charge is 2.45. The number of nitrogens with one attached hydrogen (secondary N) is 1. The molecule has 0 radical (unpaired) electrons. The van der Waals surface area contributed by atoms with E-state index in [1.807, 2.05) is 13.8 Å². The van der Waals surface area contributed by atoms with Crippen molar-refractivity contribution < 1.29 is 13.6 Å². The Morgan fingerprint density at radius 3 is 2.12 bits per heavy atom. The molecule has 0 aliphatic heterocycles. The molecule has 1 N–H and O–H groups in total. The van der Waals surface area contributed by atoms with Crippen LogP contribution in [0.3, 0.4) is 0 Å². The second-order valence-corrected chi connectivity index (χ2v) is 7.01. The van der Waals surface area contributed by atoms with E-state index >= 15 is 0 Å². The van der Waals surface area contributed by atoms with Crippen molar-refractivity contribution in [2.75, 3.05) is 6.54 Å². The van der Waals surface area contributed by atoms with Crippen LogP contribution in [0.2, 0.25) is 0 Å². The van der Waals surface area contributed by atoms with Gasteiger partial charge in [0.1, 0.15) is 6.29 Å². The topological polar surface area (TPSA) is 29.1 Å². The lowest BCUT2D eigenvalue weighted by Gasteiger charge is -2.35. The molecule has 25 heavy (non-hydrogen) atoms. The SMILES string of the molecule is C=C(CCN/C(C)=C/CC(C)(C(=C)C)C(C)(F)F)/C(CC)=C(/C)C=O. The Morgan fingerprint density at radius 1 is 1.16 bits per heavy atom. The molecule has 0 saturated carbocycles. The Hall–Kier alpha value is -1.71. The van der Waals surface area contributed by atoms with Crippen LogP contribution in [0.15, 0.2) is 47.2 Å². The molecule has 1 atom stereocenters. The van der Waals surface area contributed by atoms with Crippen molar-refractivity contribution in [2.24, 2.45) is 5.41 Å². The third-order valence-electron chi connectivity index (χ3n) is 4.99. The maximum absolute atomic E-state index is 13.9. The second-order valence-electron chi connectivity index (χ2n) is 7.01. The van der Waals surface area contributed by atoms with E-state index in [0.717, 1.165) is 36.5 Å². The number of halogens is 2. The van der Waals surface area contributed by atoms with Crippen molar-refractivity contribution in [3.05, 3.63) is 47.2 Å². The highest BCUT2D eigenvalue weighted by atomic mass is 19.3. The summed E-state index contributed by atoms with van der Waals surface area (Å²) < 4.78 is 27.8. The van der Waals surface area contributed by atoms with E-state index in [2.05, 4.69) is 18.5 Å². The maximum Gasteiger partial charge on any atom is 0.254 e. The first-order chi connectivity index (χ1) is 11.4. The quantitative estimate of drug-likeness (QED) is 0.214. The Bertz CT molecular complexity index is 567. The standard InChI is InChI=1S/C21H33F2NO/c1-9-19(17(5)14-25)16(4)11-13-24-18(6)10-12-20(7,15(2)3)21(8,22)23/h10,14,24H,2,4,9,11-13H2,1,3,5-8H3/b18-10+,19-17-. The van der Waals surface area contributed by atoms with Crippen molar-refractivity contribution in [2.45, 2.75) is 66.7 Å². The molecule has 0 spiro atoms. The first kappa shape index (κ1) is 23.3. The normalized spacial score (nSPS) is 15.9. The van der Waals surface area contributed by atoms with Crippen LogP contribution in [0.25, 0.3) is 0 Å². The Balaban J connectivity index is 4.79. The van der Waals surface area contributed by atoms with E-state index in [4.69, 9.17) is 0 Å². The van der Waals surface area contributed by atoms with Gasteiger partial charge in [-0.3, -0.25) is 4.79 Å². The molecule has 0 aromatic rings. The number of aldehydes is 1. The van der Waals surface area contributed by atoms with Gasteiger partial charge in [0.25, 0.3) is 5.92 Å². The summed E-state index contributed by atoms with van der Waals surface area (Å²) in [4.78, 5) is 10.9. The van der Waals surface area contributed by atoms with Gasteiger partial charge in [-0.05, 0) is 63.7 Å². The number of hydrogen-bond acceptors (Lipinski definition) is 2. The van der Waals surface area contributed by atoms with Crippen LogP contribution >= 0.6 is 0 Å². The monoisotopic (exact) mass is 353 g/mol. The van der Waals surface area contributed by atoms with Gasteiger partial charge in [0, 0.05) is 19.2 Å². The van der Waals surface area contributed by atoms with Crippen molar-refractivity contribution in [1.29, 1.82) is 0 Å². The van der Waals surface area contributed by atoms with E-state index < -0.39 is 11.3 Å². The molecule has 0 rings (SSSR count). The predicted molar refractivity (Wildman–Crippen MR) is 103 cm³/mol. The third kappa shape index (κ3) is 6.60. The molecule has 2 nitrogen and oxygen atoms in total. The summed E-state index contributed by atoms with van der Waals surface area (Å²) in [5.41, 5.74) is 2.68. The highest BCUT2D eigenvalue weighted by molar-refractivity contribution is 5.75. The van der Waals surface area contributed by atoms with Crippen LogP contribution < -0.4 is 5.32 Å². The van der Waals surface area contributed by atoms with Crippen LogP contribution in [0.1, 0.15) is 60.8 Å². The predicted octanol–water partition coefficient (Wildman–Crippen LogP) is 5.98. The molecule has 0 aromatic heterocycles. The fourth-order valence-corrected chi connectivity index (χ4v) is 2.60. The molecular formula is C21H33F2NO. The molecule has 0 heterocycles. The molecule has 0 aromatic carbocycles. The fraction of sp³-hybridized carbons (Fsp3) is 0.571. The maximum atomic E-state index is 13.9. The number of rotatable bonds is 11. The lowest BCUT2D eigenvalue weighted by Crippen LogP contribution is -2.36. The van der Waals surface area contributed by atoms with Gasteiger partial charge in [-0.2, -0.15) is 0 Å². The van der Waals surface area contributed by atoms with Gasteiger partial charge in [0.2, 0.25) is 0 Å². The molecule has 0 saturated heterocycles. The van der Waals surface area contributed by atoms with Crippen molar-refractivity contribution in [3.63, 3.8) is 0 Å². The van der Waals surface area contributed by atoms with E-state index in [9.17, 15) is 13.6 Å². The lowest BCUT2D eigenvalue weighted by atomic mass is 9.75. The Labute approximate surface area is 151 Å². The van der Waals surface area contributed by atoms with Gasteiger partial charge < -0.3 is 5.32 Å². The zero-order chi connectivity index (χ0) is 19.8. The van der Waals surface area contributed by atoms with Gasteiger partial charge in [-0.15, -0.1) is 0 Å². The number of allylic oxidation sites excluding steroid dienone is 5. The largest absolute Gasteiger partial charge is 0.388 e. The summed E-state index contributed by atoms with van der Waals surface area (Å²) in [5.74, 6) is -2.84. The smallest absolute Gasteiger partial charge is 0.254 e. The van der Waals surface area contributed by atoms with E-state index in [1.54, 1.807) is 26.8 Å². The number of carbonyl (C=O) groups is 1. The van der Waals surface area contributed by atoms with Gasteiger partial charge >= 0.3 is 0 Å². The second kappa shape index (κ2) is 9.69. The zero-order valence-electron chi connectivity index (χ0n) is 16.6. The molecular weight excluding hydrogens is 320 g/mol. The minimum absolute atomic E-state index is 0.218. The summed E-state index contributed by atoms with van der Waals surface area (Å²) in [5, 5.41) is 3.23. The first-order valence-electron chi connectivity index (χ1n) is 8.68. The average molecular weight is 353 g/mol. The summed E-state index contributed by atoms with van der Waals surface area (Å²) in [6.45, 7) is 18.2. The Morgan fingerprint density at radius 2 is 1.72 bits per heavy atom.